The van der Waals surface area contributed by atoms with Crippen molar-refractivity contribution in [1.29, 1.82) is 0 Å². The molecular formula is C17H12N6OS2. The molecule has 0 aliphatic rings. The van der Waals surface area contributed by atoms with Gasteiger partial charge in [0.05, 0.1) is 17.6 Å². The van der Waals surface area contributed by atoms with Gasteiger partial charge in [-0.2, -0.15) is 0 Å². The van der Waals surface area contributed by atoms with Crippen LogP contribution in [0.5, 0.6) is 0 Å². The van der Waals surface area contributed by atoms with Crippen LogP contribution in [0.1, 0.15) is 10.5 Å². The summed E-state index contributed by atoms with van der Waals surface area (Å²) in [4.78, 5) is 29.2. The highest BCUT2D eigenvalue weighted by atomic mass is 32.1. The van der Waals surface area contributed by atoms with E-state index in [1.165, 1.54) is 22.7 Å². The van der Waals surface area contributed by atoms with Crippen LogP contribution in [-0.2, 0) is 0 Å². The number of rotatable bonds is 5. The first-order valence-electron chi connectivity index (χ1n) is 7.58. The predicted molar refractivity (Wildman–Crippen MR) is 103 cm³/mol. The van der Waals surface area contributed by atoms with Crippen LogP contribution in [0.3, 0.4) is 0 Å². The fourth-order valence-corrected chi connectivity index (χ4v) is 3.56. The maximum absolute atomic E-state index is 12.4. The van der Waals surface area contributed by atoms with Gasteiger partial charge in [-0.05, 0) is 24.3 Å². The van der Waals surface area contributed by atoms with E-state index in [-0.39, 0.29) is 5.91 Å². The zero-order valence-corrected chi connectivity index (χ0v) is 14.9. The monoisotopic (exact) mass is 380 g/mol. The number of pyridine rings is 2. The second-order valence-electron chi connectivity index (χ2n) is 5.14. The van der Waals surface area contributed by atoms with Gasteiger partial charge in [-0.3, -0.25) is 20.1 Å². The molecule has 26 heavy (non-hydrogen) atoms. The summed E-state index contributed by atoms with van der Waals surface area (Å²) in [7, 11) is 0. The zero-order chi connectivity index (χ0) is 17.8. The molecule has 0 aromatic carbocycles. The van der Waals surface area contributed by atoms with Crippen LogP contribution in [0.4, 0.5) is 16.0 Å². The van der Waals surface area contributed by atoms with Gasteiger partial charge in [0, 0.05) is 34.9 Å². The van der Waals surface area contributed by atoms with Gasteiger partial charge in [0.25, 0.3) is 5.91 Å². The van der Waals surface area contributed by atoms with E-state index in [9.17, 15) is 4.79 Å². The molecule has 0 saturated carbocycles. The van der Waals surface area contributed by atoms with E-state index in [0.29, 0.717) is 16.0 Å². The van der Waals surface area contributed by atoms with Crippen molar-refractivity contribution in [3.8, 4) is 11.3 Å². The number of anilines is 3. The number of amides is 1. The van der Waals surface area contributed by atoms with Crippen LogP contribution < -0.4 is 10.6 Å². The number of nitrogens with one attached hydrogen (secondary N) is 2. The maximum atomic E-state index is 12.4. The van der Waals surface area contributed by atoms with Crippen LogP contribution in [0, 0.1) is 0 Å². The van der Waals surface area contributed by atoms with E-state index in [4.69, 9.17) is 0 Å². The molecule has 128 valence electrons. The fraction of sp³-hybridized carbons (Fsp3) is 0. The Labute approximate surface area is 156 Å². The number of hydrogen-bond donors (Lipinski definition) is 2. The van der Waals surface area contributed by atoms with Crippen molar-refractivity contribution < 1.29 is 4.79 Å². The molecule has 1 amide bonds. The minimum absolute atomic E-state index is 0.299. The van der Waals surface area contributed by atoms with E-state index in [2.05, 4.69) is 30.6 Å². The molecule has 4 heterocycles. The Bertz CT molecular complexity index is 1020. The second kappa shape index (κ2) is 7.38. The average molecular weight is 380 g/mol. The SMILES string of the molecule is O=C(Nc1nc(-c2cccnc2)cs1)c1csc(Nc2cccnc2)n1. The van der Waals surface area contributed by atoms with Gasteiger partial charge in [-0.1, -0.05) is 0 Å². The highest BCUT2D eigenvalue weighted by Gasteiger charge is 2.13. The molecule has 0 saturated heterocycles. The molecule has 4 aromatic heterocycles. The van der Waals surface area contributed by atoms with Crippen LogP contribution >= 0.6 is 22.7 Å². The number of aromatic nitrogens is 4. The summed E-state index contributed by atoms with van der Waals surface area (Å²) in [5, 5.41) is 10.6. The second-order valence-corrected chi connectivity index (χ2v) is 6.85. The summed E-state index contributed by atoms with van der Waals surface area (Å²) in [6.07, 6.45) is 6.83. The third kappa shape index (κ3) is 3.73. The fourth-order valence-electron chi connectivity index (χ4n) is 2.13. The molecule has 0 spiro atoms. The lowest BCUT2D eigenvalue weighted by Gasteiger charge is -2.00. The first-order valence-corrected chi connectivity index (χ1v) is 9.34. The average Bonchev–Trinajstić information content (AvgIpc) is 3.33. The Morgan fingerprint density at radius 3 is 2.50 bits per heavy atom. The molecular weight excluding hydrogens is 368 g/mol. The summed E-state index contributed by atoms with van der Waals surface area (Å²) in [5.74, 6) is -0.299. The molecule has 0 aliphatic carbocycles. The molecule has 2 N–H and O–H groups in total. The van der Waals surface area contributed by atoms with Gasteiger partial charge in [-0.25, -0.2) is 9.97 Å². The molecule has 9 heteroatoms. The van der Waals surface area contributed by atoms with Gasteiger partial charge in [-0.15, -0.1) is 22.7 Å². The third-order valence-electron chi connectivity index (χ3n) is 3.33. The number of thiazole rings is 2. The Balaban J connectivity index is 1.43. The molecule has 0 atom stereocenters. The van der Waals surface area contributed by atoms with Gasteiger partial charge in [0.15, 0.2) is 10.3 Å². The molecule has 0 fully saturated rings. The first-order chi connectivity index (χ1) is 12.8. The van der Waals surface area contributed by atoms with Crippen molar-refractivity contribution in [3.05, 3.63) is 65.5 Å². The molecule has 0 aliphatic heterocycles. The van der Waals surface area contributed by atoms with E-state index in [0.717, 1.165) is 16.9 Å². The standard InChI is InChI=1S/C17H12N6OS2/c24-15(14-10-26-16(22-14)20-12-4-2-6-19-8-12)23-17-21-13(9-25-17)11-3-1-5-18-7-11/h1-10H,(H,20,22)(H,21,23,24). The lowest BCUT2D eigenvalue weighted by Crippen LogP contribution is -2.12. The summed E-state index contributed by atoms with van der Waals surface area (Å²) in [6.45, 7) is 0. The molecule has 0 unspecified atom stereocenters. The summed E-state index contributed by atoms with van der Waals surface area (Å²) in [5.41, 5.74) is 2.82. The topological polar surface area (TPSA) is 92.7 Å². The van der Waals surface area contributed by atoms with Crippen molar-refractivity contribution in [2.75, 3.05) is 10.6 Å². The largest absolute Gasteiger partial charge is 0.330 e. The van der Waals surface area contributed by atoms with Crippen molar-refractivity contribution in [2.45, 2.75) is 0 Å². The van der Waals surface area contributed by atoms with Crippen LogP contribution in [0.25, 0.3) is 11.3 Å². The summed E-state index contributed by atoms with van der Waals surface area (Å²) in [6, 6.07) is 7.47. The molecule has 0 bridgehead atoms. The van der Waals surface area contributed by atoms with Crippen LogP contribution in [-0.4, -0.2) is 25.8 Å². The van der Waals surface area contributed by atoms with E-state index in [1.807, 2.05) is 29.6 Å². The molecule has 4 aromatic rings. The maximum Gasteiger partial charge on any atom is 0.276 e. The quantitative estimate of drug-likeness (QED) is 0.542. The Morgan fingerprint density at radius 1 is 0.923 bits per heavy atom. The molecule has 4 rings (SSSR count). The van der Waals surface area contributed by atoms with Gasteiger partial charge in [0.2, 0.25) is 0 Å². The van der Waals surface area contributed by atoms with E-state index >= 15 is 0 Å². The first kappa shape index (κ1) is 16.3. The van der Waals surface area contributed by atoms with Gasteiger partial charge < -0.3 is 5.32 Å². The van der Waals surface area contributed by atoms with Crippen molar-refractivity contribution in [1.82, 2.24) is 19.9 Å². The van der Waals surface area contributed by atoms with Gasteiger partial charge in [0.1, 0.15) is 5.69 Å². The number of carbonyl (C=O) groups is 1. The highest BCUT2D eigenvalue weighted by Crippen LogP contribution is 2.25. The number of hydrogen-bond acceptors (Lipinski definition) is 8. The van der Waals surface area contributed by atoms with E-state index < -0.39 is 0 Å². The van der Waals surface area contributed by atoms with Gasteiger partial charge >= 0.3 is 0 Å². The summed E-state index contributed by atoms with van der Waals surface area (Å²) < 4.78 is 0. The third-order valence-corrected chi connectivity index (χ3v) is 4.85. The molecule has 0 radical (unpaired) electrons. The predicted octanol–water partition coefficient (Wildman–Crippen LogP) is 4.05. The minimum Gasteiger partial charge on any atom is -0.330 e. The van der Waals surface area contributed by atoms with Crippen LogP contribution in [0.15, 0.2) is 59.8 Å². The van der Waals surface area contributed by atoms with Crippen molar-refractivity contribution in [3.63, 3.8) is 0 Å². The number of nitrogens with zero attached hydrogens (tertiary/aromatic N) is 4. The zero-order valence-electron chi connectivity index (χ0n) is 13.3. The number of carbonyl (C=O) groups excluding carboxylic acids is 1. The van der Waals surface area contributed by atoms with Crippen molar-refractivity contribution in [2.24, 2.45) is 0 Å². The lowest BCUT2D eigenvalue weighted by atomic mass is 10.2. The highest BCUT2D eigenvalue weighted by molar-refractivity contribution is 7.14. The molecule has 7 nitrogen and oxygen atoms in total. The Kier molecular flexibility index (Phi) is 4.63. The van der Waals surface area contributed by atoms with E-state index in [1.54, 1.807) is 30.2 Å². The minimum atomic E-state index is -0.299. The normalized spacial score (nSPS) is 10.5. The van der Waals surface area contributed by atoms with Crippen molar-refractivity contribution >= 4 is 44.5 Å². The Hall–Kier alpha value is -3.17. The smallest absolute Gasteiger partial charge is 0.276 e. The lowest BCUT2D eigenvalue weighted by molar-refractivity contribution is 0.102. The Morgan fingerprint density at radius 2 is 1.73 bits per heavy atom. The van der Waals surface area contributed by atoms with Crippen LogP contribution in [0.2, 0.25) is 0 Å². The summed E-state index contributed by atoms with van der Waals surface area (Å²) >= 11 is 2.71.